The van der Waals surface area contributed by atoms with Gasteiger partial charge in [-0.1, -0.05) is 6.92 Å². The lowest BCUT2D eigenvalue weighted by Gasteiger charge is -2.03. The Hall–Kier alpha value is -1.52. The fourth-order valence-corrected chi connectivity index (χ4v) is 0.684. The SMILES string of the molecule is CCCN/C(=C\CC(=O)O)C(=O)O. The highest BCUT2D eigenvalue weighted by Crippen LogP contribution is 1.93. The van der Waals surface area contributed by atoms with Gasteiger partial charge in [0.05, 0.1) is 6.42 Å². The summed E-state index contributed by atoms with van der Waals surface area (Å²) in [5, 5.41) is 19.5. The average Bonchev–Trinajstić information content (AvgIpc) is 2.03. The standard InChI is InChI=1S/C8H13NO4/c1-2-5-9-6(8(12)13)3-4-7(10)11/h3,9H,2,4-5H2,1H3,(H,10,11)(H,12,13)/b6-3-. The normalized spacial score (nSPS) is 11.0. The molecule has 74 valence electrons. The third kappa shape index (κ3) is 5.72. The van der Waals surface area contributed by atoms with Crippen LogP contribution in [-0.2, 0) is 9.59 Å². The zero-order valence-corrected chi connectivity index (χ0v) is 7.41. The van der Waals surface area contributed by atoms with Crippen molar-refractivity contribution >= 4 is 11.9 Å². The lowest BCUT2D eigenvalue weighted by molar-refractivity contribution is -0.136. The van der Waals surface area contributed by atoms with Gasteiger partial charge in [0.25, 0.3) is 0 Å². The van der Waals surface area contributed by atoms with Crippen molar-refractivity contribution in [3.05, 3.63) is 11.8 Å². The summed E-state index contributed by atoms with van der Waals surface area (Å²) in [5.74, 6) is -2.17. The van der Waals surface area contributed by atoms with E-state index in [4.69, 9.17) is 10.2 Å². The number of nitrogens with one attached hydrogen (secondary N) is 1. The summed E-state index contributed by atoms with van der Waals surface area (Å²) in [5.41, 5.74) is -0.0516. The lowest BCUT2D eigenvalue weighted by atomic mass is 10.3. The highest BCUT2D eigenvalue weighted by molar-refractivity contribution is 5.86. The molecule has 0 aromatic carbocycles. The Kier molecular flexibility index (Phi) is 5.34. The van der Waals surface area contributed by atoms with Crippen LogP contribution in [0.2, 0.25) is 0 Å². The molecule has 0 heterocycles. The third-order valence-corrected chi connectivity index (χ3v) is 1.28. The van der Waals surface area contributed by atoms with Crippen molar-refractivity contribution in [2.75, 3.05) is 6.54 Å². The molecule has 0 bridgehead atoms. The van der Waals surface area contributed by atoms with Crippen molar-refractivity contribution in [1.82, 2.24) is 5.32 Å². The van der Waals surface area contributed by atoms with Gasteiger partial charge in [0.15, 0.2) is 0 Å². The Morgan fingerprint density at radius 1 is 1.38 bits per heavy atom. The summed E-state index contributed by atoms with van der Waals surface area (Å²) in [7, 11) is 0. The number of carboxylic acid groups (broad SMARTS) is 2. The topological polar surface area (TPSA) is 86.6 Å². The second kappa shape index (κ2) is 6.05. The van der Waals surface area contributed by atoms with Crippen LogP contribution in [0.1, 0.15) is 19.8 Å². The van der Waals surface area contributed by atoms with Crippen LogP contribution < -0.4 is 5.32 Å². The van der Waals surface area contributed by atoms with Crippen LogP contribution in [0.5, 0.6) is 0 Å². The van der Waals surface area contributed by atoms with Crippen molar-refractivity contribution in [1.29, 1.82) is 0 Å². The molecule has 0 radical (unpaired) electrons. The molecule has 0 atom stereocenters. The maximum absolute atomic E-state index is 10.5. The average molecular weight is 187 g/mol. The van der Waals surface area contributed by atoms with Gasteiger partial charge in [-0.15, -0.1) is 0 Å². The molecule has 0 aliphatic heterocycles. The molecular formula is C8H13NO4. The monoisotopic (exact) mass is 187 g/mol. The maximum Gasteiger partial charge on any atom is 0.351 e. The van der Waals surface area contributed by atoms with E-state index < -0.39 is 11.9 Å². The van der Waals surface area contributed by atoms with E-state index in [2.05, 4.69) is 5.32 Å². The predicted molar refractivity (Wildman–Crippen MR) is 46.3 cm³/mol. The largest absolute Gasteiger partial charge is 0.481 e. The minimum atomic E-state index is -1.13. The van der Waals surface area contributed by atoms with Gasteiger partial charge in [-0.2, -0.15) is 0 Å². The van der Waals surface area contributed by atoms with Crippen molar-refractivity contribution in [2.24, 2.45) is 0 Å². The Labute approximate surface area is 76.1 Å². The molecule has 0 aromatic heterocycles. The molecular weight excluding hydrogens is 174 g/mol. The zero-order chi connectivity index (χ0) is 10.3. The van der Waals surface area contributed by atoms with Crippen LogP contribution in [0, 0.1) is 0 Å². The Morgan fingerprint density at radius 3 is 2.38 bits per heavy atom. The quantitative estimate of drug-likeness (QED) is 0.525. The molecule has 5 nitrogen and oxygen atoms in total. The molecule has 3 N–H and O–H groups in total. The van der Waals surface area contributed by atoms with E-state index >= 15 is 0 Å². The van der Waals surface area contributed by atoms with E-state index in [-0.39, 0.29) is 12.1 Å². The molecule has 0 aliphatic carbocycles. The van der Waals surface area contributed by atoms with Gasteiger partial charge in [-0.05, 0) is 12.5 Å². The van der Waals surface area contributed by atoms with Gasteiger partial charge >= 0.3 is 11.9 Å². The molecule has 0 aromatic rings. The van der Waals surface area contributed by atoms with Crippen LogP contribution in [-0.4, -0.2) is 28.7 Å². The van der Waals surface area contributed by atoms with E-state index in [0.717, 1.165) is 12.5 Å². The second-order valence-corrected chi connectivity index (χ2v) is 2.45. The number of carboxylic acids is 2. The third-order valence-electron chi connectivity index (χ3n) is 1.28. The Morgan fingerprint density at radius 2 is 2.00 bits per heavy atom. The lowest BCUT2D eigenvalue weighted by Crippen LogP contribution is -2.21. The van der Waals surface area contributed by atoms with E-state index in [1.54, 1.807) is 0 Å². The highest BCUT2D eigenvalue weighted by Gasteiger charge is 2.05. The smallest absolute Gasteiger partial charge is 0.351 e. The van der Waals surface area contributed by atoms with Gasteiger partial charge < -0.3 is 15.5 Å². The molecule has 0 amide bonds. The van der Waals surface area contributed by atoms with Gasteiger partial charge in [-0.3, -0.25) is 4.79 Å². The summed E-state index contributed by atoms with van der Waals surface area (Å²) in [6, 6.07) is 0. The molecule has 0 rings (SSSR count). The maximum atomic E-state index is 10.5. The summed E-state index contributed by atoms with van der Waals surface area (Å²) in [4.78, 5) is 20.6. The fraction of sp³-hybridized carbons (Fsp3) is 0.500. The number of hydrogen-bond acceptors (Lipinski definition) is 3. The van der Waals surface area contributed by atoms with Crippen LogP contribution in [0.25, 0.3) is 0 Å². The van der Waals surface area contributed by atoms with Crippen molar-refractivity contribution in [3.63, 3.8) is 0 Å². The first-order valence-corrected chi connectivity index (χ1v) is 3.97. The first-order valence-electron chi connectivity index (χ1n) is 3.97. The van der Waals surface area contributed by atoms with Gasteiger partial charge in [0, 0.05) is 6.54 Å². The Balaban J connectivity index is 4.15. The number of aliphatic carboxylic acids is 2. The van der Waals surface area contributed by atoms with Crippen LogP contribution >= 0.6 is 0 Å². The fourth-order valence-electron chi connectivity index (χ4n) is 0.684. The second-order valence-electron chi connectivity index (χ2n) is 2.45. The van der Waals surface area contributed by atoms with Gasteiger partial charge in [0.2, 0.25) is 0 Å². The molecule has 0 saturated carbocycles. The minimum Gasteiger partial charge on any atom is -0.481 e. The summed E-state index contributed by atoms with van der Waals surface area (Å²) in [6.07, 6.45) is 1.66. The zero-order valence-electron chi connectivity index (χ0n) is 7.41. The molecule has 0 aliphatic rings. The first-order chi connectivity index (χ1) is 6.07. The Bertz CT molecular complexity index is 222. The summed E-state index contributed by atoms with van der Waals surface area (Å²) < 4.78 is 0. The van der Waals surface area contributed by atoms with E-state index in [1.807, 2.05) is 6.92 Å². The van der Waals surface area contributed by atoms with Gasteiger partial charge in [0.1, 0.15) is 5.70 Å². The molecule has 0 fully saturated rings. The number of hydrogen-bond donors (Lipinski definition) is 3. The van der Waals surface area contributed by atoms with Gasteiger partial charge in [-0.25, -0.2) is 4.79 Å². The molecule has 0 unspecified atom stereocenters. The van der Waals surface area contributed by atoms with Crippen molar-refractivity contribution < 1.29 is 19.8 Å². The number of carbonyl (C=O) groups is 2. The van der Waals surface area contributed by atoms with Crippen LogP contribution in [0.15, 0.2) is 11.8 Å². The summed E-state index contributed by atoms with van der Waals surface area (Å²) in [6.45, 7) is 2.42. The highest BCUT2D eigenvalue weighted by atomic mass is 16.4. The van der Waals surface area contributed by atoms with E-state index in [1.165, 1.54) is 0 Å². The van der Waals surface area contributed by atoms with Crippen LogP contribution in [0.3, 0.4) is 0 Å². The summed E-state index contributed by atoms with van der Waals surface area (Å²) >= 11 is 0. The van der Waals surface area contributed by atoms with Crippen molar-refractivity contribution in [3.8, 4) is 0 Å². The first kappa shape index (κ1) is 11.5. The number of rotatable bonds is 6. The molecule has 0 saturated heterocycles. The van der Waals surface area contributed by atoms with E-state index in [9.17, 15) is 9.59 Å². The predicted octanol–water partition coefficient (Wildman–Crippen LogP) is 0.429. The van der Waals surface area contributed by atoms with Crippen LogP contribution in [0.4, 0.5) is 0 Å². The molecule has 13 heavy (non-hydrogen) atoms. The molecule has 0 spiro atoms. The van der Waals surface area contributed by atoms with E-state index in [0.29, 0.717) is 6.54 Å². The minimum absolute atomic E-state index is 0.0516. The van der Waals surface area contributed by atoms with Crippen molar-refractivity contribution in [2.45, 2.75) is 19.8 Å². The molecule has 5 heteroatoms.